The topological polar surface area (TPSA) is 56.0 Å². The summed E-state index contributed by atoms with van der Waals surface area (Å²) in [6.07, 6.45) is 0.794. The molecule has 0 amide bonds. The van der Waals surface area contributed by atoms with Crippen LogP contribution in [0.1, 0.15) is 18.5 Å². The zero-order chi connectivity index (χ0) is 17.9. The molecule has 1 fully saturated rings. The second kappa shape index (κ2) is 7.38. The molecule has 1 aliphatic heterocycles. The number of piperidine rings is 1. The third-order valence-electron chi connectivity index (χ3n) is 4.50. The number of aromatic nitrogens is 4. The van der Waals surface area contributed by atoms with Gasteiger partial charge in [0.15, 0.2) is 5.69 Å². The van der Waals surface area contributed by atoms with Gasteiger partial charge in [-0.1, -0.05) is 0 Å². The summed E-state index contributed by atoms with van der Waals surface area (Å²) in [6.45, 7) is 3.65. The first-order valence-electron chi connectivity index (χ1n) is 8.27. The van der Waals surface area contributed by atoms with Crippen LogP contribution in [0.2, 0.25) is 0 Å². The molecule has 0 unspecified atom stereocenters. The second-order valence-corrected chi connectivity index (χ2v) is 6.29. The van der Waals surface area contributed by atoms with Crippen molar-refractivity contribution in [3.05, 3.63) is 46.6 Å². The molecule has 0 radical (unpaired) electrons. The molecule has 0 bridgehead atoms. The Morgan fingerprint density at radius 3 is 2.56 bits per heavy atom. The predicted octanol–water partition coefficient (Wildman–Crippen LogP) is 1.87. The normalized spacial score (nSPS) is 17.1. The highest BCUT2D eigenvalue weighted by Crippen LogP contribution is 2.26. The highest BCUT2D eigenvalue weighted by atomic mass is 19.4. The predicted molar refractivity (Wildman–Crippen MR) is 84.9 cm³/mol. The molecule has 0 N–H and O–H groups in total. The summed E-state index contributed by atoms with van der Waals surface area (Å²) in [7, 11) is 0. The van der Waals surface area contributed by atoms with Gasteiger partial charge in [-0.3, -0.25) is 9.48 Å². The number of hydrogen-bond donors (Lipinski definition) is 0. The molecule has 2 aromatic rings. The Morgan fingerprint density at radius 1 is 1.16 bits per heavy atom. The standard InChI is InChI=1S/C16H20F3N5O/c17-16(18,19)14-2-3-15(25)24(21-14)12-13-4-8-22(9-5-13)10-11-23-7-1-6-20-23/h1-3,6-7,13H,4-5,8-12H2. The van der Waals surface area contributed by atoms with Crippen molar-refractivity contribution in [2.75, 3.05) is 19.6 Å². The quantitative estimate of drug-likeness (QED) is 0.822. The fourth-order valence-electron chi connectivity index (χ4n) is 3.04. The Balaban J connectivity index is 1.53. The summed E-state index contributed by atoms with van der Waals surface area (Å²) in [5, 5.41) is 7.64. The van der Waals surface area contributed by atoms with Crippen LogP contribution in [0.25, 0.3) is 0 Å². The van der Waals surface area contributed by atoms with E-state index in [2.05, 4.69) is 15.1 Å². The van der Waals surface area contributed by atoms with Crippen LogP contribution in [0.4, 0.5) is 13.2 Å². The summed E-state index contributed by atoms with van der Waals surface area (Å²) in [5.74, 6) is 0.162. The average molecular weight is 355 g/mol. The van der Waals surface area contributed by atoms with E-state index in [-0.39, 0.29) is 12.5 Å². The van der Waals surface area contributed by atoms with Gasteiger partial charge in [0.2, 0.25) is 0 Å². The van der Waals surface area contributed by atoms with Crippen molar-refractivity contribution in [3.63, 3.8) is 0 Å². The molecule has 3 rings (SSSR count). The molecule has 0 aromatic carbocycles. The number of rotatable bonds is 5. The Labute approximate surface area is 142 Å². The Kier molecular flexibility index (Phi) is 5.22. The number of halogens is 3. The summed E-state index contributed by atoms with van der Waals surface area (Å²) < 4.78 is 41.0. The lowest BCUT2D eigenvalue weighted by molar-refractivity contribution is -0.142. The molecule has 136 valence electrons. The SMILES string of the molecule is O=c1ccc(C(F)(F)F)nn1CC1CCN(CCn2cccn2)CC1. The van der Waals surface area contributed by atoms with Crippen LogP contribution >= 0.6 is 0 Å². The van der Waals surface area contributed by atoms with Gasteiger partial charge >= 0.3 is 6.18 Å². The van der Waals surface area contributed by atoms with E-state index in [4.69, 9.17) is 0 Å². The van der Waals surface area contributed by atoms with Gasteiger partial charge in [0.25, 0.3) is 5.56 Å². The zero-order valence-corrected chi connectivity index (χ0v) is 13.7. The Morgan fingerprint density at radius 2 is 1.92 bits per heavy atom. The van der Waals surface area contributed by atoms with Crippen molar-refractivity contribution in [3.8, 4) is 0 Å². The average Bonchev–Trinajstić information content (AvgIpc) is 3.09. The minimum absolute atomic E-state index is 0.162. The Hall–Kier alpha value is -2.16. The van der Waals surface area contributed by atoms with Crippen LogP contribution in [0.3, 0.4) is 0 Å². The Bertz CT molecular complexity index is 733. The van der Waals surface area contributed by atoms with E-state index >= 15 is 0 Å². The number of alkyl halides is 3. The minimum atomic E-state index is -4.54. The first kappa shape index (κ1) is 17.7. The van der Waals surface area contributed by atoms with Crippen molar-refractivity contribution < 1.29 is 13.2 Å². The lowest BCUT2D eigenvalue weighted by atomic mass is 9.97. The lowest BCUT2D eigenvalue weighted by Crippen LogP contribution is -2.38. The highest BCUT2D eigenvalue weighted by molar-refractivity contribution is 5.04. The van der Waals surface area contributed by atoms with E-state index < -0.39 is 17.4 Å². The third kappa shape index (κ3) is 4.68. The number of nitrogens with zero attached hydrogens (tertiary/aromatic N) is 5. The van der Waals surface area contributed by atoms with E-state index in [0.29, 0.717) is 0 Å². The van der Waals surface area contributed by atoms with E-state index in [1.54, 1.807) is 6.20 Å². The van der Waals surface area contributed by atoms with Crippen LogP contribution in [0.15, 0.2) is 35.4 Å². The van der Waals surface area contributed by atoms with Crippen molar-refractivity contribution in [2.24, 2.45) is 5.92 Å². The van der Waals surface area contributed by atoms with Gasteiger partial charge in [-0.2, -0.15) is 23.4 Å². The number of likely N-dealkylation sites (tertiary alicyclic amines) is 1. The molecule has 25 heavy (non-hydrogen) atoms. The first-order chi connectivity index (χ1) is 11.9. The molecule has 3 heterocycles. The van der Waals surface area contributed by atoms with Gasteiger partial charge in [-0.25, -0.2) is 4.68 Å². The van der Waals surface area contributed by atoms with E-state index in [0.717, 1.165) is 55.8 Å². The maximum atomic E-state index is 12.7. The van der Waals surface area contributed by atoms with E-state index in [1.807, 2.05) is 16.9 Å². The van der Waals surface area contributed by atoms with E-state index in [9.17, 15) is 18.0 Å². The second-order valence-electron chi connectivity index (χ2n) is 6.29. The molecular weight excluding hydrogens is 335 g/mol. The van der Waals surface area contributed by atoms with Gasteiger partial charge in [0.1, 0.15) is 0 Å². The molecule has 0 aliphatic carbocycles. The van der Waals surface area contributed by atoms with Crippen LogP contribution in [-0.2, 0) is 19.3 Å². The van der Waals surface area contributed by atoms with Gasteiger partial charge in [0, 0.05) is 31.5 Å². The largest absolute Gasteiger partial charge is 0.435 e. The van der Waals surface area contributed by atoms with Crippen molar-refractivity contribution in [2.45, 2.75) is 32.1 Å². The molecule has 6 nitrogen and oxygen atoms in total. The monoisotopic (exact) mass is 355 g/mol. The highest BCUT2D eigenvalue weighted by Gasteiger charge is 2.33. The fourth-order valence-corrected chi connectivity index (χ4v) is 3.04. The van der Waals surface area contributed by atoms with Gasteiger partial charge in [-0.05, 0) is 44.0 Å². The maximum absolute atomic E-state index is 12.7. The maximum Gasteiger partial charge on any atom is 0.435 e. The van der Waals surface area contributed by atoms with Crippen molar-refractivity contribution >= 4 is 0 Å². The molecule has 0 atom stereocenters. The molecule has 0 spiro atoms. The fraction of sp³-hybridized carbons (Fsp3) is 0.562. The van der Waals surface area contributed by atoms with Gasteiger partial charge in [-0.15, -0.1) is 0 Å². The first-order valence-corrected chi connectivity index (χ1v) is 8.27. The molecule has 9 heteroatoms. The lowest BCUT2D eigenvalue weighted by Gasteiger charge is -2.31. The summed E-state index contributed by atoms with van der Waals surface area (Å²) in [6, 6.07) is 3.55. The van der Waals surface area contributed by atoms with Crippen LogP contribution < -0.4 is 5.56 Å². The van der Waals surface area contributed by atoms with Gasteiger partial charge in [0.05, 0.1) is 6.54 Å². The smallest absolute Gasteiger partial charge is 0.301 e. The molecule has 1 saturated heterocycles. The van der Waals surface area contributed by atoms with Crippen LogP contribution in [-0.4, -0.2) is 44.1 Å². The third-order valence-corrected chi connectivity index (χ3v) is 4.50. The summed E-state index contributed by atoms with van der Waals surface area (Å²) >= 11 is 0. The summed E-state index contributed by atoms with van der Waals surface area (Å²) in [4.78, 5) is 14.1. The van der Waals surface area contributed by atoms with Gasteiger partial charge < -0.3 is 4.90 Å². The van der Waals surface area contributed by atoms with Crippen molar-refractivity contribution in [1.29, 1.82) is 0 Å². The zero-order valence-electron chi connectivity index (χ0n) is 13.7. The molecule has 1 aliphatic rings. The minimum Gasteiger partial charge on any atom is -0.301 e. The molecular formula is C16H20F3N5O. The molecule has 0 saturated carbocycles. The summed E-state index contributed by atoms with van der Waals surface area (Å²) in [5.41, 5.74) is -1.52. The van der Waals surface area contributed by atoms with Crippen LogP contribution in [0, 0.1) is 5.92 Å². The van der Waals surface area contributed by atoms with Crippen LogP contribution in [0.5, 0.6) is 0 Å². The van der Waals surface area contributed by atoms with E-state index in [1.165, 1.54) is 0 Å². The number of hydrogen-bond acceptors (Lipinski definition) is 4. The van der Waals surface area contributed by atoms with Crippen molar-refractivity contribution in [1.82, 2.24) is 24.5 Å². The molecule has 2 aromatic heterocycles.